The lowest BCUT2D eigenvalue weighted by atomic mass is 10.2. The van der Waals surface area contributed by atoms with Crippen LogP contribution in [0.2, 0.25) is 0 Å². The first-order valence-corrected chi connectivity index (χ1v) is 11.4. The normalized spacial score (nSPS) is 16.1. The molecule has 0 amide bonds. The Kier molecular flexibility index (Phi) is 5.67. The largest absolute Gasteiger partial charge is 0.497 e. The summed E-state index contributed by atoms with van der Waals surface area (Å²) in [6.07, 6.45) is 2.95. The molecule has 1 fully saturated rings. The molecule has 0 saturated carbocycles. The summed E-state index contributed by atoms with van der Waals surface area (Å²) >= 11 is 2.28. The van der Waals surface area contributed by atoms with Crippen LogP contribution in [-0.2, 0) is 6.54 Å². The highest BCUT2D eigenvalue weighted by molar-refractivity contribution is 14.1. The van der Waals surface area contributed by atoms with Gasteiger partial charge in [-0.25, -0.2) is 9.67 Å². The fourth-order valence-corrected chi connectivity index (χ4v) is 4.78. The van der Waals surface area contributed by atoms with Gasteiger partial charge in [0.25, 0.3) is 0 Å². The minimum Gasteiger partial charge on any atom is -0.497 e. The van der Waals surface area contributed by atoms with E-state index in [0.29, 0.717) is 6.54 Å². The number of fused-ring (bicyclic) bond motifs is 1. The van der Waals surface area contributed by atoms with Crippen LogP contribution in [0.3, 0.4) is 0 Å². The molecule has 0 spiro atoms. The van der Waals surface area contributed by atoms with Crippen LogP contribution in [0.1, 0.15) is 12.0 Å². The van der Waals surface area contributed by atoms with Crippen molar-refractivity contribution in [3.05, 3.63) is 76.1 Å². The number of para-hydroxylation sites is 1. The van der Waals surface area contributed by atoms with E-state index in [1.54, 1.807) is 7.11 Å². The number of halogens is 1. The fraction of sp³-hybridized carbons (Fsp3) is 0.250. The predicted molar refractivity (Wildman–Crippen MR) is 130 cm³/mol. The van der Waals surface area contributed by atoms with Gasteiger partial charge in [-0.3, -0.25) is 0 Å². The highest BCUT2D eigenvalue weighted by Gasteiger charge is 2.26. The van der Waals surface area contributed by atoms with Crippen LogP contribution in [0, 0.1) is 3.70 Å². The maximum Gasteiger partial charge on any atom is 0.162 e. The lowest BCUT2D eigenvalue weighted by Crippen LogP contribution is -2.24. The molecule has 1 atom stereocenters. The quantitative estimate of drug-likeness (QED) is 0.340. The van der Waals surface area contributed by atoms with Gasteiger partial charge in [0.15, 0.2) is 5.65 Å². The molecule has 2 aromatic heterocycles. The van der Waals surface area contributed by atoms with Gasteiger partial charge in [-0.15, -0.1) is 0 Å². The molecule has 0 bridgehead atoms. The van der Waals surface area contributed by atoms with E-state index in [1.165, 1.54) is 5.69 Å². The third kappa shape index (κ3) is 4.19. The summed E-state index contributed by atoms with van der Waals surface area (Å²) in [6, 6.07) is 20.5. The van der Waals surface area contributed by atoms with Crippen molar-refractivity contribution < 1.29 is 9.47 Å². The summed E-state index contributed by atoms with van der Waals surface area (Å²) in [7, 11) is 1.67. The zero-order valence-corrected chi connectivity index (χ0v) is 19.4. The van der Waals surface area contributed by atoms with E-state index in [-0.39, 0.29) is 6.10 Å². The van der Waals surface area contributed by atoms with Crippen LogP contribution in [0.5, 0.6) is 11.5 Å². The fourth-order valence-electron chi connectivity index (χ4n) is 4.02. The summed E-state index contributed by atoms with van der Waals surface area (Å²) in [4.78, 5) is 6.99. The molecule has 2 aromatic carbocycles. The van der Waals surface area contributed by atoms with E-state index < -0.39 is 0 Å². The molecule has 1 aliphatic rings. The number of methoxy groups -OCH3 is 1. The van der Waals surface area contributed by atoms with Crippen molar-refractivity contribution >= 4 is 39.3 Å². The topological polar surface area (TPSA) is 52.4 Å². The molecule has 6 nitrogen and oxygen atoms in total. The first kappa shape index (κ1) is 20.1. The van der Waals surface area contributed by atoms with E-state index in [4.69, 9.17) is 14.6 Å². The second kappa shape index (κ2) is 8.74. The minimum absolute atomic E-state index is 0.145. The Bertz CT molecular complexity index is 1180. The van der Waals surface area contributed by atoms with Crippen molar-refractivity contribution in [3.63, 3.8) is 0 Å². The third-order valence-corrected chi connectivity index (χ3v) is 6.36. The molecule has 0 aliphatic carbocycles. The average Bonchev–Trinajstić information content (AvgIpc) is 3.40. The van der Waals surface area contributed by atoms with E-state index in [2.05, 4.69) is 68.9 Å². The van der Waals surface area contributed by atoms with Crippen LogP contribution in [-0.4, -0.2) is 41.1 Å². The van der Waals surface area contributed by atoms with Crippen LogP contribution in [0.4, 0.5) is 5.69 Å². The number of benzene rings is 2. The number of rotatable bonds is 6. The average molecular weight is 526 g/mol. The van der Waals surface area contributed by atoms with Crippen molar-refractivity contribution in [2.45, 2.75) is 19.1 Å². The van der Waals surface area contributed by atoms with Gasteiger partial charge in [0.2, 0.25) is 0 Å². The maximum atomic E-state index is 6.46. The molecule has 0 N–H and O–H groups in total. The van der Waals surface area contributed by atoms with Crippen LogP contribution < -0.4 is 14.4 Å². The number of ether oxygens (including phenoxy) is 2. The minimum atomic E-state index is 0.145. The standard InChI is InChI=1S/C24H23IN4O2/c1-30-19-9-7-17(8-10-19)15-29-24-22(23(25)27-29)21(11-13-26-24)31-20-12-14-28(16-20)18-5-3-2-4-6-18/h2-11,13,20H,12,14-16H2,1H3/t20-/m0/s1. The zero-order chi connectivity index (χ0) is 21.2. The number of pyridine rings is 1. The molecule has 4 aromatic rings. The predicted octanol–water partition coefficient (Wildman–Crippen LogP) is 4.75. The molecule has 0 unspecified atom stereocenters. The van der Waals surface area contributed by atoms with Gasteiger partial charge in [0.05, 0.1) is 25.6 Å². The molecule has 1 aliphatic heterocycles. The van der Waals surface area contributed by atoms with Crippen LogP contribution >= 0.6 is 22.6 Å². The lowest BCUT2D eigenvalue weighted by molar-refractivity contribution is 0.227. The monoisotopic (exact) mass is 526 g/mol. The van der Waals surface area contributed by atoms with E-state index in [1.807, 2.05) is 35.1 Å². The Morgan fingerprint density at radius 3 is 2.65 bits per heavy atom. The Hall–Kier alpha value is -2.81. The molecule has 5 rings (SSSR count). The SMILES string of the molecule is COc1ccc(Cn2nc(I)c3c(O[C@H]4CCN(c5ccccc5)C4)ccnc32)cc1. The highest BCUT2D eigenvalue weighted by Crippen LogP contribution is 2.31. The van der Waals surface area contributed by atoms with Gasteiger partial charge < -0.3 is 14.4 Å². The summed E-state index contributed by atoms with van der Waals surface area (Å²) < 4.78 is 14.6. The van der Waals surface area contributed by atoms with Crippen LogP contribution in [0.25, 0.3) is 11.0 Å². The summed E-state index contributed by atoms with van der Waals surface area (Å²) in [6.45, 7) is 2.52. The summed E-state index contributed by atoms with van der Waals surface area (Å²) in [5.74, 6) is 1.70. The Morgan fingerprint density at radius 2 is 1.87 bits per heavy atom. The van der Waals surface area contributed by atoms with E-state index in [0.717, 1.165) is 51.3 Å². The first-order chi connectivity index (χ1) is 15.2. The van der Waals surface area contributed by atoms with Crippen molar-refractivity contribution in [3.8, 4) is 11.5 Å². The number of hydrogen-bond donors (Lipinski definition) is 0. The number of nitrogens with zero attached hydrogens (tertiary/aromatic N) is 4. The molecule has 7 heteroatoms. The smallest absolute Gasteiger partial charge is 0.162 e. The van der Waals surface area contributed by atoms with Gasteiger partial charge in [-0.2, -0.15) is 5.10 Å². The van der Waals surface area contributed by atoms with Gasteiger partial charge in [-0.1, -0.05) is 30.3 Å². The molecular formula is C24H23IN4O2. The zero-order valence-electron chi connectivity index (χ0n) is 17.2. The second-order valence-corrected chi connectivity index (χ2v) is 8.64. The van der Waals surface area contributed by atoms with Crippen molar-refractivity contribution in [1.29, 1.82) is 0 Å². The molecule has 158 valence electrons. The maximum absolute atomic E-state index is 6.46. The molecule has 0 radical (unpaired) electrons. The van der Waals surface area contributed by atoms with Crippen molar-refractivity contribution in [2.75, 3.05) is 25.1 Å². The van der Waals surface area contributed by atoms with E-state index >= 15 is 0 Å². The Morgan fingerprint density at radius 1 is 1.06 bits per heavy atom. The highest BCUT2D eigenvalue weighted by atomic mass is 127. The van der Waals surface area contributed by atoms with Gasteiger partial charge in [0, 0.05) is 24.8 Å². The first-order valence-electron chi connectivity index (χ1n) is 10.3. The lowest BCUT2D eigenvalue weighted by Gasteiger charge is -2.19. The second-order valence-electron chi connectivity index (χ2n) is 7.61. The Balaban J connectivity index is 1.36. The third-order valence-electron chi connectivity index (χ3n) is 5.60. The molecular weight excluding hydrogens is 503 g/mol. The molecule has 3 heterocycles. The number of aromatic nitrogens is 3. The summed E-state index contributed by atoms with van der Waals surface area (Å²) in [5.41, 5.74) is 3.23. The van der Waals surface area contributed by atoms with E-state index in [9.17, 15) is 0 Å². The van der Waals surface area contributed by atoms with Gasteiger partial charge >= 0.3 is 0 Å². The van der Waals surface area contributed by atoms with Gasteiger partial charge in [0.1, 0.15) is 21.3 Å². The summed E-state index contributed by atoms with van der Waals surface area (Å²) in [5, 5.41) is 5.73. The Labute approximate surface area is 194 Å². The van der Waals surface area contributed by atoms with Crippen molar-refractivity contribution in [2.24, 2.45) is 0 Å². The molecule has 1 saturated heterocycles. The van der Waals surface area contributed by atoms with Crippen LogP contribution in [0.15, 0.2) is 66.9 Å². The molecule has 31 heavy (non-hydrogen) atoms. The van der Waals surface area contributed by atoms with Gasteiger partial charge in [-0.05, 0) is 58.5 Å². The number of hydrogen-bond acceptors (Lipinski definition) is 5. The number of anilines is 1. The van der Waals surface area contributed by atoms with Crippen molar-refractivity contribution in [1.82, 2.24) is 14.8 Å².